The van der Waals surface area contributed by atoms with Crippen LogP contribution in [0.5, 0.6) is 23.0 Å². The molecule has 2 unspecified atom stereocenters. The molecule has 234 valence electrons. The lowest BCUT2D eigenvalue weighted by molar-refractivity contribution is 0.0809. The Labute approximate surface area is 263 Å². The van der Waals surface area contributed by atoms with Gasteiger partial charge in [0.25, 0.3) is 11.8 Å². The predicted molar refractivity (Wildman–Crippen MR) is 173 cm³/mol. The first-order valence-corrected chi connectivity index (χ1v) is 15.4. The number of amides is 2. The molecule has 2 aromatic carbocycles. The van der Waals surface area contributed by atoms with Crippen molar-refractivity contribution in [2.75, 3.05) is 20.3 Å². The molecule has 2 atom stereocenters. The van der Waals surface area contributed by atoms with Crippen molar-refractivity contribution in [3.63, 3.8) is 0 Å². The largest absolute Gasteiger partial charge is 0.493 e. The molecule has 0 saturated carbocycles. The summed E-state index contributed by atoms with van der Waals surface area (Å²) in [4.78, 5) is 39.2. The number of hydrogen-bond acceptors (Lipinski definition) is 8. The summed E-state index contributed by atoms with van der Waals surface area (Å²) in [6, 6.07) is 6.86. The van der Waals surface area contributed by atoms with Gasteiger partial charge < -0.3 is 28.7 Å². The average Bonchev–Trinajstić information content (AvgIpc) is 3.55. The molecule has 0 fully saturated rings. The highest BCUT2D eigenvalue weighted by molar-refractivity contribution is 6.05. The summed E-state index contributed by atoms with van der Waals surface area (Å²) in [5.41, 5.74) is 4.44. The summed E-state index contributed by atoms with van der Waals surface area (Å²) >= 11 is 0. The molecule has 2 amide bonds. The molecule has 4 heterocycles. The molecule has 0 bridgehead atoms. The van der Waals surface area contributed by atoms with Gasteiger partial charge in [-0.05, 0) is 65.0 Å². The molecular formula is C35H38N4O6. The minimum atomic E-state index is -0.0988. The maximum absolute atomic E-state index is 13.3. The Balaban J connectivity index is 1.04. The Kier molecular flexibility index (Phi) is 8.73. The van der Waals surface area contributed by atoms with Gasteiger partial charge >= 0.3 is 0 Å². The summed E-state index contributed by atoms with van der Waals surface area (Å²) in [6.45, 7) is 6.83. The van der Waals surface area contributed by atoms with Crippen LogP contribution in [0, 0.1) is 0 Å². The van der Waals surface area contributed by atoms with Crippen molar-refractivity contribution >= 4 is 35.6 Å². The Morgan fingerprint density at radius 3 is 1.78 bits per heavy atom. The van der Waals surface area contributed by atoms with Crippen molar-refractivity contribution in [2.24, 2.45) is 9.98 Å². The third-order valence-corrected chi connectivity index (χ3v) is 8.18. The Hall–Kier alpha value is -4.86. The standard InChI is InChI=1S/C35H38N4O6/c1-5-9-43-31-15-27-29(37-19-25-13-23(3)21-39(25)35(27)41)17-33(31)45-11-8-6-7-10-44-32-16-28-26(14-30(32)42-4)34(40)38-20-22(2)12-24(38)18-36-28/h5,9,14-21,24-25H,6-8,10-13H2,1-4H3. The van der Waals surface area contributed by atoms with Crippen LogP contribution < -0.4 is 18.9 Å². The molecular weight excluding hydrogens is 572 g/mol. The van der Waals surface area contributed by atoms with Gasteiger partial charge in [0, 0.05) is 37.0 Å². The molecule has 0 saturated heterocycles. The van der Waals surface area contributed by atoms with Gasteiger partial charge in [0.1, 0.15) is 0 Å². The fraction of sp³-hybridized carbons (Fsp3) is 0.371. The van der Waals surface area contributed by atoms with Gasteiger partial charge in [-0.15, -0.1) is 0 Å². The van der Waals surface area contributed by atoms with Crippen LogP contribution in [0.15, 0.2) is 70.1 Å². The third kappa shape index (κ3) is 6.22. The van der Waals surface area contributed by atoms with E-state index in [9.17, 15) is 9.59 Å². The van der Waals surface area contributed by atoms with E-state index in [0.717, 1.165) is 43.3 Å². The number of ether oxygens (including phenoxy) is 4. The normalized spacial score (nSPS) is 19.8. The summed E-state index contributed by atoms with van der Waals surface area (Å²) in [7, 11) is 1.57. The average molecular weight is 611 g/mol. The molecule has 4 aliphatic heterocycles. The molecule has 4 aliphatic rings. The zero-order chi connectivity index (χ0) is 31.5. The fourth-order valence-corrected chi connectivity index (χ4v) is 5.92. The number of aliphatic imine (C=N–C) groups is 2. The SMILES string of the molecule is CC=COc1cc2c(cc1OCCCCCOc1cc3c(cc1OC)C(=O)N1C=C(C)CC1C=N3)N=CC1CC(C)=CN1C2=O. The van der Waals surface area contributed by atoms with Gasteiger partial charge in [-0.25, -0.2) is 0 Å². The van der Waals surface area contributed by atoms with E-state index < -0.39 is 0 Å². The monoisotopic (exact) mass is 610 g/mol. The van der Waals surface area contributed by atoms with Crippen LogP contribution in [-0.4, -0.2) is 66.5 Å². The number of fused-ring (bicyclic) bond motifs is 4. The first-order valence-electron chi connectivity index (χ1n) is 15.4. The zero-order valence-electron chi connectivity index (χ0n) is 26.1. The van der Waals surface area contributed by atoms with Crippen molar-refractivity contribution < 1.29 is 28.5 Å². The van der Waals surface area contributed by atoms with Crippen molar-refractivity contribution in [3.8, 4) is 23.0 Å². The lowest BCUT2D eigenvalue weighted by atomic mass is 10.1. The first-order chi connectivity index (χ1) is 21.9. The lowest BCUT2D eigenvalue weighted by Crippen LogP contribution is -2.32. The summed E-state index contributed by atoms with van der Waals surface area (Å²) in [6.07, 6.45) is 14.8. The fourth-order valence-electron chi connectivity index (χ4n) is 5.92. The second-order valence-electron chi connectivity index (χ2n) is 11.7. The van der Waals surface area contributed by atoms with E-state index in [2.05, 4.69) is 9.98 Å². The first kappa shape index (κ1) is 30.2. The number of hydrogen-bond donors (Lipinski definition) is 0. The number of carbonyl (C=O) groups is 2. The molecule has 0 spiro atoms. The maximum atomic E-state index is 13.3. The second-order valence-corrected chi connectivity index (χ2v) is 11.7. The van der Waals surface area contributed by atoms with E-state index in [1.165, 1.54) is 0 Å². The molecule has 0 aromatic heterocycles. The lowest BCUT2D eigenvalue weighted by Gasteiger charge is -2.19. The van der Waals surface area contributed by atoms with Gasteiger partial charge in [0.15, 0.2) is 23.0 Å². The van der Waals surface area contributed by atoms with Crippen molar-refractivity contribution in [1.82, 2.24) is 9.80 Å². The van der Waals surface area contributed by atoms with Crippen LogP contribution in [0.2, 0.25) is 0 Å². The molecule has 0 N–H and O–H groups in total. The van der Waals surface area contributed by atoms with Crippen LogP contribution in [0.1, 0.15) is 73.6 Å². The number of allylic oxidation sites excluding steroid dienone is 1. The number of unbranched alkanes of at least 4 members (excludes halogenated alkanes) is 2. The number of methoxy groups -OCH3 is 1. The predicted octanol–water partition coefficient (Wildman–Crippen LogP) is 6.90. The molecule has 10 nitrogen and oxygen atoms in total. The smallest absolute Gasteiger partial charge is 0.260 e. The van der Waals surface area contributed by atoms with Crippen LogP contribution >= 0.6 is 0 Å². The number of benzene rings is 2. The van der Waals surface area contributed by atoms with E-state index in [1.807, 2.05) is 45.6 Å². The number of carbonyl (C=O) groups excluding carboxylic acids is 2. The molecule has 6 rings (SSSR count). The number of rotatable bonds is 11. The quantitative estimate of drug-likeness (QED) is 0.203. The van der Waals surface area contributed by atoms with Gasteiger partial charge in [-0.3, -0.25) is 19.6 Å². The third-order valence-electron chi connectivity index (χ3n) is 8.18. The summed E-state index contributed by atoms with van der Waals surface area (Å²) in [5.74, 6) is 1.89. The highest BCUT2D eigenvalue weighted by atomic mass is 16.5. The van der Waals surface area contributed by atoms with E-state index in [1.54, 1.807) is 53.5 Å². The van der Waals surface area contributed by atoms with Crippen LogP contribution in [0.4, 0.5) is 11.4 Å². The minimum Gasteiger partial charge on any atom is -0.493 e. The Morgan fingerprint density at radius 2 is 1.27 bits per heavy atom. The van der Waals surface area contributed by atoms with Gasteiger partial charge in [-0.2, -0.15) is 0 Å². The van der Waals surface area contributed by atoms with Crippen molar-refractivity contribution in [3.05, 3.63) is 71.3 Å². The summed E-state index contributed by atoms with van der Waals surface area (Å²) in [5, 5.41) is 0. The molecule has 45 heavy (non-hydrogen) atoms. The van der Waals surface area contributed by atoms with Crippen LogP contribution in [-0.2, 0) is 0 Å². The van der Waals surface area contributed by atoms with Crippen LogP contribution in [0.25, 0.3) is 0 Å². The molecule has 0 aliphatic carbocycles. The van der Waals surface area contributed by atoms with Gasteiger partial charge in [0.05, 0.1) is 61.2 Å². The minimum absolute atomic E-state index is 0.0614. The van der Waals surface area contributed by atoms with Crippen molar-refractivity contribution in [2.45, 2.75) is 65.0 Å². The Morgan fingerprint density at radius 1 is 0.756 bits per heavy atom. The van der Waals surface area contributed by atoms with E-state index in [4.69, 9.17) is 18.9 Å². The summed E-state index contributed by atoms with van der Waals surface area (Å²) < 4.78 is 23.6. The second kappa shape index (κ2) is 13.0. The number of nitrogens with zero attached hydrogens (tertiary/aromatic N) is 4. The Bertz CT molecular complexity index is 1660. The van der Waals surface area contributed by atoms with Crippen molar-refractivity contribution in [1.29, 1.82) is 0 Å². The maximum Gasteiger partial charge on any atom is 0.260 e. The van der Waals surface area contributed by atoms with Gasteiger partial charge in [0.2, 0.25) is 0 Å². The molecule has 2 aromatic rings. The van der Waals surface area contributed by atoms with Gasteiger partial charge in [-0.1, -0.05) is 17.2 Å². The zero-order valence-corrected chi connectivity index (χ0v) is 26.1. The van der Waals surface area contributed by atoms with E-state index in [0.29, 0.717) is 58.7 Å². The van der Waals surface area contributed by atoms with E-state index >= 15 is 0 Å². The topological polar surface area (TPSA) is 102 Å². The highest BCUT2D eigenvalue weighted by Gasteiger charge is 2.33. The van der Waals surface area contributed by atoms with Crippen LogP contribution in [0.3, 0.4) is 0 Å². The molecule has 10 heteroatoms. The highest BCUT2D eigenvalue weighted by Crippen LogP contribution is 2.40. The molecule has 0 radical (unpaired) electrons. The van der Waals surface area contributed by atoms with E-state index in [-0.39, 0.29) is 23.9 Å².